The Kier molecular flexibility index (Phi) is 10.4. The monoisotopic (exact) mass is 764 g/mol. The minimum atomic E-state index is -1.61. The Hall–Kier alpha value is -1.23. The molecule has 3 saturated carbocycles. The normalized spacial score (nSPS) is 57.0. The lowest BCUT2D eigenvalue weighted by molar-refractivity contribution is -0.371. The molecule has 0 radical (unpaired) electrons. The molecular formula is C41H64O13. The molecular weight excluding hydrogens is 700 g/mol. The van der Waals surface area contributed by atoms with Crippen LogP contribution in [0.15, 0.2) is 11.6 Å². The van der Waals surface area contributed by atoms with E-state index in [1.807, 2.05) is 0 Å². The second kappa shape index (κ2) is 14.2. The van der Waals surface area contributed by atoms with E-state index in [0.717, 1.165) is 45.1 Å². The van der Waals surface area contributed by atoms with Crippen molar-refractivity contribution in [2.45, 2.75) is 185 Å². The Morgan fingerprint density at radius 2 is 1.56 bits per heavy atom. The number of esters is 1. The third-order valence-electron chi connectivity index (χ3n) is 15.9. The molecule has 0 bridgehead atoms. The number of hydrogen-bond donors (Lipinski definition) is 5. The molecule has 13 nitrogen and oxygen atoms in total. The van der Waals surface area contributed by atoms with Gasteiger partial charge >= 0.3 is 5.97 Å². The van der Waals surface area contributed by atoms with Gasteiger partial charge in [-0.3, -0.25) is 4.79 Å². The molecule has 7 fully saturated rings. The number of allylic oxidation sites excluding steroid dienone is 1. The van der Waals surface area contributed by atoms with Crippen LogP contribution in [0.5, 0.6) is 0 Å². The highest BCUT2D eigenvalue weighted by atomic mass is 16.8. The van der Waals surface area contributed by atoms with Crippen LogP contribution in [0.3, 0.4) is 0 Å². The minimum absolute atomic E-state index is 0.115. The highest BCUT2D eigenvalue weighted by molar-refractivity contribution is 5.66. The summed E-state index contributed by atoms with van der Waals surface area (Å²) in [4.78, 5) is 11.8. The first-order valence-electron chi connectivity index (χ1n) is 20.7. The van der Waals surface area contributed by atoms with Gasteiger partial charge in [-0.25, -0.2) is 0 Å². The first-order chi connectivity index (χ1) is 25.5. The van der Waals surface area contributed by atoms with E-state index in [2.05, 4.69) is 33.8 Å². The van der Waals surface area contributed by atoms with E-state index in [1.54, 1.807) is 13.8 Å². The van der Waals surface area contributed by atoms with Crippen LogP contribution in [0, 0.1) is 46.3 Å². The molecule has 13 heteroatoms. The number of hydrogen-bond acceptors (Lipinski definition) is 13. The predicted octanol–water partition coefficient (Wildman–Crippen LogP) is 2.96. The maximum atomic E-state index is 11.8. The summed E-state index contributed by atoms with van der Waals surface area (Å²) in [5, 5.41) is 55.4. The first-order valence-corrected chi connectivity index (χ1v) is 20.7. The molecule has 0 unspecified atom stereocenters. The van der Waals surface area contributed by atoms with Crippen molar-refractivity contribution >= 4 is 5.97 Å². The molecule has 8 aliphatic rings. The number of aliphatic hydroxyl groups is 5. The summed E-state index contributed by atoms with van der Waals surface area (Å²) in [6.45, 7) is 14.5. The maximum Gasteiger partial charge on any atom is 0.303 e. The van der Waals surface area contributed by atoms with Crippen molar-refractivity contribution in [1.29, 1.82) is 0 Å². The molecule has 0 aromatic rings. The lowest BCUT2D eigenvalue weighted by Gasteiger charge is -2.60. The fraction of sp³-hybridized carbons (Fsp3) is 0.927. The Morgan fingerprint density at radius 1 is 0.833 bits per heavy atom. The second-order valence-electron chi connectivity index (χ2n) is 18.9. The van der Waals surface area contributed by atoms with E-state index in [4.69, 9.17) is 33.2 Å². The molecule has 1 spiro atoms. The SMILES string of the molecule is CC(=O)O[C@@H]1[C@@H](O)[C@H](C)O[C@@H](O[C@H]2[C@@H](O[C@@H]3C[C@H](O)CC4=CC[C@H]5[C@@H]6C[C@@H]7O[C@]8(CC[C@@H](C)CO8)[C@@H](C)[C@@H]7[C@@]6(C)CC[C@@H]5[C@]43C)O[C@H](C)[C@H](O)[C@@H]2O)[C@@H]1O. The number of carbonyl (C=O) groups excluding carboxylic acids is 1. The van der Waals surface area contributed by atoms with Crippen molar-refractivity contribution in [2.24, 2.45) is 46.3 Å². The van der Waals surface area contributed by atoms with Crippen LogP contribution in [0.4, 0.5) is 0 Å². The van der Waals surface area contributed by atoms with E-state index in [1.165, 1.54) is 12.5 Å². The predicted molar refractivity (Wildman–Crippen MR) is 191 cm³/mol. The molecule has 4 aliphatic carbocycles. The summed E-state index contributed by atoms with van der Waals surface area (Å²) < 4.78 is 43.9. The van der Waals surface area contributed by atoms with Crippen molar-refractivity contribution in [3.8, 4) is 0 Å². The zero-order valence-corrected chi connectivity index (χ0v) is 32.9. The van der Waals surface area contributed by atoms with Crippen molar-refractivity contribution in [2.75, 3.05) is 6.61 Å². The Morgan fingerprint density at radius 3 is 2.26 bits per heavy atom. The molecule has 0 aromatic carbocycles. The van der Waals surface area contributed by atoms with E-state index >= 15 is 0 Å². The summed E-state index contributed by atoms with van der Waals surface area (Å²) in [5.41, 5.74) is 0.849. The largest absolute Gasteiger partial charge is 0.457 e. The van der Waals surface area contributed by atoms with Gasteiger partial charge in [-0.15, -0.1) is 0 Å². The lowest BCUT2D eigenvalue weighted by Crippen LogP contribution is -2.65. The summed E-state index contributed by atoms with van der Waals surface area (Å²) in [7, 11) is 0. The average Bonchev–Trinajstić information content (AvgIpc) is 3.56. The molecule has 0 aromatic heterocycles. The van der Waals surface area contributed by atoms with E-state index < -0.39 is 90.8 Å². The van der Waals surface area contributed by atoms with Gasteiger partial charge in [0.15, 0.2) is 24.5 Å². The number of rotatable bonds is 5. The number of ether oxygens (including phenoxy) is 7. The van der Waals surface area contributed by atoms with Crippen LogP contribution in [-0.4, -0.2) is 124 Å². The Labute approximate surface area is 319 Å². The topological polar surface area (TPSA) is 183 Å². The number of aliphatic hydroxyl groups excluding tert-OH is 5. The molecule has 8 rings (SSSR count). The van der Waals surface area contributed by atoms with Crippen molar-refractivity contribution in [3.63, 3.8) is 0 Å². The Bertz CT molecular complexity index is 1430. The van der Waals surface area contributed by atoms with Gasteiger partial charge in [0, 0.05) is 31.1 Å². The van der Waals surface area contributed by atoms with E-state index in [0.29, 0.717) is 42.4 Å². The molecule has 5 N–H and O–H groups in total. The van der Waals surface area contributed by atoms with Gasteiger partial charge < -0.3 is 58.7 Å². The zero-order chi connectivity index (χ0) is 38.6. The van der Waals surface area contributed by atoms with Crippen LogP contribution in [0.25, 0.3) is 0 Å². The minimum Gasteiger partial charge on any atom is -0.457 e. The van der Waals surface area contributed by atoms with Crippen LogP contribution < -0.4 is 0 Å². The van der Waals surface area contributed by atoms with Crippen molar-refractivity contribution < 1.29 is 63.5 Å². The maximum absolute atomic E-state index is 11.8. The van der Waals surface area contributed by atoms with Crippen molar-refractivity contribution in [3.05, 3.63) is 11.6 Å². The van der Waals surface area contributed by atoms with Crippen LogP contribution in [0.2, 0.25) is 0 Å². The third kappa shape index (κ3) is 6.17. The average molecular weight is 765 g/mol. The molecule has 22 atom stereocenters. The van der Waals surface area contributed by atoms with Crippen LogP contribution in [0.1, 0.15) is 99.8 Å². The molecule has 0 amide bonds. The van der Waals surface area contributed by atoms with Gasteiger partial charge in [0.1, 0.15) is 30.5 Å². The van der Waals surface area contributed by atoms with E-state index in [9.17, 15) is 30.3 Å². The van der Waals surface area contributed by atoms with Gasteiger partial charge in [0.05, 0.1) is 37.1 Å². The van der Waals surface area contributed by atoms with Crippen LogP contribution in [-0.2, 0) is 38.0 Å². The molecule has 4 heterocycles. The number of carbonyl (C=O) groups is 1. The zero-order valence-electron chi connectivity index (χ0n) is 32.9. The second-order valence-corrected chi connectivity index (χ2v) is 18.9. The summed E-state index contributed by atoms with van der Waals surface area (Å²) in [6, 6.07) is 0. The van der Waals surface area contributed by atoms with Gasteiger partial charge in [-0.1, -0.05) is 39.3 Å². The number of fused-ring (bicyclic) bond motifs is 7. The molecule has 306 valence electrons. The smallest absolute Gasteiger partial charge is 0.303 e. The van der Waals surface area contributed by atoms with Crippen LogP contribution >= 0.6 is 0 Å². The molecule has 4 aliphatic heterocycles. The fourth-order valence-electron chi connectivity index (χ4n) is 12.9. The van der Waals surface area contributed by atoms with Gasteiger partial charge in [0.2, 0.25) is 0 Å². The van der Waals surface area contributed by atoms with Gasteiger partial charge in [-0.2, -0.15) is 0 Å². The summed E-state index contributed by atoms with van der Waals surface area (Å²) >= 11 is 0. The lowest BCUT2D eigenvalue weighted by atomic mass is 9.46. The highest BCUT2D eigenvalue weighted by Gasteiger charge is 2.69. The summed E-state index contributed by atoms with van der Waals surface area (Å²) in [6.07, 6.45) is -4.40. The third-order valence-corrected chi connectivity index (χ3v) is 15.9. The van der Waals surface area contributed by atoms with Crippen molar-refractivity contribution in [1.82, 2.24) is 0 Å². The van der Waals surface area contributed by atoms with Gasteiger partial charge in [-0.05, 0) is 87.4 Å². The standard InChI is InChI=1S/C41H64O13/c1-18-10-13-41(48-17-18)19(2)30-28(54-41)16-27-25-9-8-23-14-24(43)15-29(40(23,7)26(25)11-12-39(27,30)6)52-38-36(33(46)31(44)20(3)50-38)53-37-34(47)35(51-22(5)42)32(45)21(4)49-37/h8,18-21,24-38,43-47H,9-17H2,1-7H3/t18-,19+,20-,21+,24-,25-,26+,27+,28+,29-,30+,31+,32+,33+,34-,35-,36-,37+,38-,39+,40+,41-/m1/s1. The fourth-order valence-corrected chi connectivity index (χ4v) is 12.9. The van der Waals surface area contributed by atoms with Gasteiger partial charge in [0.25, 0.3) is 0 Å². The molecule has 4 saturated heterocycles. The first kappa shape index (κ1) is 39.6. The summed E-state index contributed by atoms with van der Waals surface area (Å²) in [5.74, 6) is 1.27. The molecule has 54 heavy (non-hydrogen) atoms. The highest BCUT2D eigenvalue weighted by Crippen LogP contribution is 2.71. The van der Waals surface area contributed by atoms with E-state index in [-0.39, 0.29) is 17.4 Å². The quantitative estimate of drug-likeness (QED) is 0.204. The Balaban J connectivity index is 1.05.